The van der Waals surface area contributed by atoms with Crippen LogP contribution < -0.4 is 10.2 Å². The Labute approximate surface area is 137 Å². The van der Waals surface area contributed by atoms with Crippen molar-refractivity contribution in [3.05, 3.63) is 65.2 Å². The van der Waals surface area contributed by atoms with E-state index < -0.39 is 0 Å². The number of carbonyl (C=O) groups is 1. The van der Waals surface area contributed by atoms with Crippen molar-refractivity contribution in [1.82, 2.24) is 5.43 Å². The molecule has 0 spiro atoms. The van der Waals surface area contributed by atoms with E-state index in [-0.39, 0.29) is 5.91 Å². The van der Waals surface area contributed by atoms with Gasteiger partial charge in [0.15, 0.2) is 0 Å². The summed E-state index contributed by atoms with van der Waals surface area (Å²) in [4.78, 5) is 12.0. The maximum Gasteiger partial charge on any atom is 0.271 e. The highest BCUT2D eigenvalue weighted by atomic mass is 16.5. The molecule has 0 saturated carbocycles. The quantitative estimate of drug-likeness (QED) is 0.652. The van der Waals surface area contributed by atoms with Gasteiger partial charge in [-0.3, -0.25) is 4.79 Å². The first-order valence-corrected chi connectivity index (χ1v) is 7.68. The average molecular weight is 310 g/mol. The second kappa shape index (κ2) is 8.13. The summed E-state index contributed by atoms with van der Waals surface area (Å²) >= 11 is 0. The highest BCUT2D eigenvalue weighted by Gasteiger charge is 2.05. The van der Waals surface area contributed by atoms with E-state index >= 15 is 0 Å². The minimum Gasteiger partial charge on any atom is -0.493 e. The van der Waals surface area contributed by atoms with Crippen LogP contribution >= 0.6 is 0 Å². The predicted octanol–water partition coefficient (Wildman–Crippen LogP) is 3.79. The third-order valence-corrected chi connectivity index (χ3v) is 3.26. The number of hydrogen-bond acceptors (Lipinski definition) is 3. The van der Waals surface area contributed by atoms with E-state index in [9.17, 15) is 4.79 Å². The number of nitrogens with one attached hydrogen (secondary N) is 1. The number of carbonyl (C=O) groups excluding carboxylic acids is 1. The van der Waals surface area contributed by atoms with Crippen molar-refractivity contribution < 1.29 is 9.53 Å². The van der Waals surface area contributed by atoms with Crippen molar-refractivity contribution in [2.75, 3.05) is 6.61 Å². The molecule has 0 aliphatic rings. The van der Waals surface area contributed by atoms with Gasteiger partial charge in [-0.05, 0) is 48.2 Å². The molecule has 2 rings (SSSR count). The second-order valence-electron chi connectivity index (χ2n) is 5.78. The fraction of sp³-hybridized carbons (Fsp3) is 0.263. The number of ether oxygens (including phenoxy) is 1. The number of benzene rings is 2. The summed E-state index contributed by atoms with van der Waals surface area (Å²) in [5, 5.41) is 4.00. The first kappa shape index (κ1) is 16.7. The SMILES string of the molecule is Cc1ccccc1/C=N/NC(=O)c1ccc(OCC(C)C)cc1. The molecule has 2 aromatic carbocycles. The average Bonchev–Trinajstić information content (AvgIpc) is 2.55. The lowest BCUT2D eigenvalue weighted by Gasteiger charge is -2.08. The summed E-state index contributed by atoms with van der Waals surface area (Å²) in [6.45, 7) is 6.84. The Kier molecular flexibility index (Phi) is 5.92. The summed E-state index contributed by atoms with van der Waals surface area (Å²) < 4.78 is 5.59. The Morgan fingerprint density at radius 1 is 1.17 bits per heavy atom. The van der Waals surface area contributed by atoms with Gasteiger partial charge in [-0.2, -0.15) is 5.10 Å². The smallest absolute Gasteiger partial charge is 0.271 e. The minimum atomic E-state index is -0.245. The molecular formula is C19H22N2O2. The van der Waals surface area contributed by atoms with Gasteiger partial charge in [0.05, 0.1) is 12.8 Å². The zero-order chi connectivity index (χ0) is 16.7. The van der Waals surface area contributed by atoms with Crippen molar-refractivity contribution >= 4 is 12.1 Å². The van der Waals surface area contributed by atoms with Crippen LogP contribution in [0.3, 0.4) is 0 Å². The summed E-state index contributed by atoms with van der Waals surface area (Å²) in [6.07, 6.45) is 1.65. The highest BCUT2D eigenvalue weighted by Crippen LogP contribution is 2.13. The molecule has 0 aliphatic heterocycles. The van der Waals surface area contributed by atoms with Crippen molar-refractivity contribution in [2.45, 2.75) is 20.8 Å². The van der Waals surface area contributed by atoms with Gasteiger partial charge in [-0.15, -0.1) is 0 Å². The maximum absolute atomic E-state index is 12.0. The van der Waals surface area contributed by atoms with E-state index in [4.69, 9.17) is 4.74 Å². The zero-order valence-corrected chi connectivity index (χ0v) is 13.7. The lowest BCUT2D eigenvalue weighted by atomic mass is 10.1. The first-order valence-electron chi connectivity index (χ1n) is 7.68. The number of rotatable bonds is 6. The van der Waals surface area contributed by atoms with Crippen LogP contribution in [0, 0.1) is 12.8 Å². The maximum atomic E-state index is 12.0. The fourth-order valence-corrected chi connectivity index (χ4v) is 1.92. The van der Waals surface area contributed by atoms with Gasteiger partial charge in [0.25, 0.3) is 5.91 Å². The predicted molar refractivity (Wildman–Crippen MR) is 93.0 cm³/mol. The summed E-state index contributed by atoms with van der Waals surface area (Å²) in [5.74, 6) is 0.984. The summed E-state index contributed by atoms with van der Waals surface area (Å²) in [5.41, 5.74) is 5.16. The molecule has 0 aromatic heterocycles. The van der Waals surface area contributed by atoms with Gasteiger partial charge in [0.1, 0.15) is 5.75 Å². The van der Waals surface area contributed by atoms with Gasteiger partial charge < -0.3 is 4.74 Å². The molecule has 0 saturated heterocycles. The molecule has 0 unspecified atom stereocenters. The number of hydrogen-bond donors (Lipinski definition) is 1. The molecule has 1 N–H and O–H groups in total. The normalized spacial score (nSPS) is 11.0. The number of hydrazone groups is 1. The van der Waals surface area contributed by atoms with Gasteiger partial charge in [-0.1, -0.05) is 38.1 Å². The number of nitrogens with zero attached hydrogens (tertiary/aromatic N) is 1. The summed E-state index contributed by atoms with van der Waals surface area (Å²) in [6, 6.07) is 14.9. The Bertz CT molecular complexity index is 676. The van der Waals surface area contributed by atoms with Crippen LogP contribution in [0.5, 0.6) is 5.75 Å². The van der Waals surface area contributed by atoms with Crippen LogP contribution in [-0.4, -0.2) is 18.7 Å². The van der Waals surface area contributed by atoms with Gasteiger partial charge in [-0.25, -0.2) is 5.43 Å². The lowest BCUT2D eigenvalue weighted by Crippen LogP contribution is -2.17. The number of amides is 1. The molecule has 4 nitrogen and oxygen atoms in total. The Morgan fingerprint density at radius 3 is 2.52 bits per heavy atom. The van der Waals surface area contributed by atoms with E-state index in [1.54, 1.807) is 30.5 Å². The van der Waals surface area contributed by atoms with Gasteiger partial charge in [0.2, 0.25) is 0 Å². The monoisotopic (exact) mass is 310 g/mol. The largest absolute Gasteiger partial charge is 0.493 e. The molecule has 0 heterocycles. The van der Waals surface area contributed by atoms with Crippen molar-refractivity contribution in [2.24, 2.45) is 11.0 Å². The van der Waals surface area contributed by atoms with Crippen LogP contribution in [0.15, 0.2) is 53.6 Å². The van der Waals surface area contributed by atoms with Crippen LogP contribution in [0.2, 0.25) is 0 Å². The lowest BCUT2D eigenvalue weighted by molar-refractivity contribution is 0.0955. The van der Waals surface area contributed by atoms with E-state index in [1.165, 1.54) is 0 Å². The van der Waals surface area contributed by atoms with Crippen molar-refractivity contribution in [3.63, 3.8) is 0 Å². The molecule has 0 bridgehead atoms. The molecule has 120 valence electrons. The molecule has 2 aromatic rings. The van der Waals surface area contributed by atoms with Crippen LogP contribution in [-0.2, 0) is 0 Å². The Balaban J connectivity index is 1.92. The fourth-order valence-electron chi connectivity index (χ4n) is 1.92. The van der Waals surface area contributed by atoms with Crippen LogP contribution in [0.1, 0.15) is 35.3 Å². The van der Waals surface area contributed by atoms with E-state index in [1.807, 2.05) is 31.2 Å². The van der Waals surface area contributed by atoms with E-state index in [0.29, 0.717) is 18.1 Å². The molecule has 1 amide bonds. The Hall–Kier alpha value is -2.62. The van der Waals surface area contributed by atoms with E-state index in [0.717, 1.165) is 16.9 Å². The molecular weight excluding hydrogens is 288 g/mol. The molecule has 0 atom stereocenters. The minimum absolute atomic E-state index is 0.245. The molecule has 0 aliphatic carbocycles. The van der Waals surface area contributed by atoms with Crippen LogP contribution in [0.25, 0.3) is 0 Å². The Morgan fingerprint density at radius 2 is 1.87 bits per heavy atom. The van der Waals surface area contributed by atoms with Crippen molar-refractivity contribution in [1.29, 1.82) is 0 Å². The standard InChI is InChI=1S/C19H22N2O2/c1-14(2)13-23-18-10-8-16(9-11-18)19(22)21-20-12-17-7-5-4-6-15(17)3/h4-12,14H,13H2,1-3H3,(H,21,22)/b20-12+. The molecule has 23 heavy (non-hydrogen) atoms. The molecule has 4 heteroatoms. The third-order valence-electron chi connectivity index (χ3n) is 3.26. The van der Waals surface area contributed by atoms with Gasteiger partial charge >= 0.3 is 0 Å². The zero-order valence-electron chi connectivity index (χ0n) is 13.7. The van der Waals surface area contributed by atoms with Gasteiger partial charge in [0, 0.05) is 5.56 Å². The van der Waals surface area contributed by atoms with Crippen LogP contribution in [0.4, 0.5) is 0 Å². The highest BCUT2D eigenvalue weighted by molar-refractivity contribution is 5.95. The number of aryl methyl sites for hydroxylation is 1. The molecule has 0 fully saturated rings. The summed E-state index contributed by atoms with van der Waals surface area (Å²) in [7, 11) is 0. The third kappa shape index (κ3) is 5.25. The topological polar surface area (TPSA) is 50.7 Å². The second-order valence-corrected chi connectivity index (χ2v) is 5.78. The van der Waals surface area contributed by atoms with Crippen molar-refractivity contribution in [3.8, 4) is 5.75 Å². The molecule has 0 radical (unpaired) electrons. The van der Waals surface area contributed by atoms with E-state index in [2.05, 4.69) is 24.4 Å². The first-order chi connectivity index (χ1) is 11.1.